The number of carbonyl (C=O) groups is 2. The average Bonchev–Trinajstić information content (AvgIpc) is 2.49. The number of anilines is 2. The van der Waals surface area contributed by atoms with Gasteiger partial charge in [-0.25, -0.2) is 0 Å². The third-order valence-electron chi connectivity index (χ3n) is 3.75. The molecule has 0 spiro atoms. The second kappa shape index (κ2) is 7.22. The highest BCUT2D eigenvalue weighted by molar-refractivity contribution is 5.94. The molecule has 21 heavy (non-hydrogen) atoms. The first kappa shape index (κ1) is 15.5. The topological polar surface area (TPSA) is 70.2 Å². The molecule has 1 aliphatic rings. The van der Waals surface area contributed by atoms with E-state index in [4.69, 9.17) is 0 Å². The molecule has 1 aliphatic heterocycles. The lowest BCUT2D eigenvalue weighted by molar-refractivity contribution is -0.121. The van der Waals surface area contributed by atoms with Gasteiger partial charge in [0.2, 0.25) is 11.8 Å². The summed E-state index contributed by atoms with van der Waals surface area (Å²) < 4.78 is 0. The monoisotopic (exact) mass is 289 g/mol. The summed E-state index contributed by atoms with van der Waals surface area (Å²) >= 11 is 0. The molecule has 3 N–H and O–H groups in total. The highest BCUT2D eigenvalue weighted by atomic mass is 16.2. The van der Waals surface area contributed by atoms with Crippen molar-refractivity contribution in [3.05, 3.63) is 24.3 Å². The zero-order valence-corrected chi connectivity index (χ0v) is 12.6. The van der Waals surface area contributed by atoms with Crippen LogP contribution in [0.5, 0.6) is 0 Å². The predicted octanol–water partition coefficient (Wildman–Crippen LogP) is 2.36. The molecule has 2 rings (SSSR count). The number of hydrogen-bond donors (Lipinski definition) is 3. The van der Waals surface area contributed by atoms with Crippen molar-refractivity contribution < 1.29 is 9.59 Å². The molecule has 1 heterocycles. The summed E-state index contributed by atoms with van der Waals surface area (Å²) in [6, 6.07) is 7.62. The van der Waals surface area contributed by atoms with Gasteiger partial charge in [0, 0.05) is 29.8 Å². The molecule has 0 bridgehead atoms. The standard InChI is InChI=1S/C16H23N3O2/c1-3-15(20)18-13-4-6-14(7-5-13)19-16(21)12-8-9-17-11(2)10-12/h4-7,11-12,17H,3,8-10H2,1-2H3,(H,18,20)(H,19,21)/t11-,12-/m0/s1. The molecule has 1 aromatic rings. The van der Waals surface area contributed by atoms with E-state index in [1.54, 1.807) is 12.1 Å². The van der Waals surface area contributed by atoms with E-state index in [-0.39, 0.29) is 17.7 Å². The largest absolute Gasteiger partial charge is 0.326 e. The summed E-state index contributed by atoms with van der Waals surface area (Å²) in [5.74, 6) is 0.130. The first-order chi connectivity index (χ1) is 10.1. The molecular weight excluding hydrogens is 266 g/mol. The fourth-order valence-electron chi connectivity index (χ4n) is 2.50. The normalized spacial score (nSPS) is 21.6. The van der Waals surface area contributed by atoms with Gasteiger partial charge in [0.05, 0.1) is 0 Å². The molecule has 1 aromatic carbocycles. The van der Waals surface area contributed by atoms with Crippen LogP contribution in [0.25, 0.3) is 0 Å². The Hall–Kier alpha value is -1.88. The van der Waals surface area contributed by atoms with Gasteiger partial charge >= 0.3 is 0 Å². The minimum Gasteiger partial charge on any atom is -0.326 e. The van der Waals surface area contributed by atoms with Crippen LogP contribution in [0.15, 0.2) is 24.3 Å². The molecule has 1 saturated heterocycles. The number of piperidine rings is 1. The molecule has 1 fully saturated rings. The van der Waals surface area contributed by atoms with Gasteiger partial charge in [0.1, 0.15) is 0 Å². The minimum atomic E-state index is -0.0181. The van der Waals surface area contributed by atoms with Gasteiger partial charge in [0.25, 0.3) is 0 Å². The Morgan fingerprint density at radius 3 is 2.38 bits per heavy atom. The maximum absolute atomic E-state index is 12.2. The van der Waals surface area contributed by atoms with E-state index in [0.29, 0.717) is 12.5 Å². The molecule has 2 atom stereocenters. The Morgan fingerprint density at radius 2 is 1.81 bits per heavy atom. The van der Waals surface area contributed by atoms with E-state index < -0.39 is 0 Å². The summed E-state index contributed by atoms with van der Waals surface area (Å²) in [5.41, 5.74) is 1.51. The highest BCUT2D eigenvalue weighted by Gasteiger charge is 2.24. The summed E-state index contributed by atoms with van der Waals surface area (Å²) in [4.78, 5) is 23.5. The molecule has 0 unspecified atom stereocenters. The Kier molecular flexibility index (Phi) is 5.33. The van der Waals surface area contributed by atoms with Crippen molar-refractivity contribution in [3.8, 4) is 0 Å². The van der Waals surface area contributed by atoms with Crippen molar-refractivity contribution in [1.82, 2.24) is 5.32 Å². The van der Waals surface area contributed by atoms with E-state index >= 15 is 0 Å². The van der Waals surface area contributed by atoms with Gasteiger partial charge in [-0.1, -0.05) is 6.92 Å². The molecule has 0 saturated carbocycles. The van der Waals surface area contributed by atoms with Crippen LogP contribution < -0.4 is 16.0 Å². The number of carbonyl (C=O) groups excluding carboxylic acids is 2. The molecule has 0 radical (unpaired) electrons. The molecular formula is C16H23N3O2. The fourth-order valence-corrected chi connectivity index (χ4v) is 2.50. The van der Waals surface area contributed by atoms with Gasteiger partial charge in [-0.3, -0.25) is 9.59 Å². The summed E-state index contributed by atoms with van der Waals surface area (Å²) in [5, 5.41) is 9.07. The van der Waals surface area contributed by atoms with Crippen LogP contribution in [0.3, 0.4) is 0 Å². The number of benzene rings is 1. The maximum Gasteiger partial charge on any atom is 0.227 e. The van der Waals surface area contributed by atoms with Gasteiger partial charge in [-0.2, -0.15) is 0 Å². The van der Waals surface area contributed by atoms with Gasteiger partial charge in [-0.15, -0.1) is 0 Å². The number of rotatable bonds is 4. The van der Waals surface area contributed by atoms with Gasteiger partial charge in [-0.05, 0) is 50.6 Å². The number of nitrogens with one attached hydrogen (secondary N) is 3. The van der Waals surface area contributed by atoms with E-state index in [0.717, 1.165) is 30.8 Å². The van der Waals surface area contributed by atoms with E-state index in [9.17, 15) is 9.59 Å². The van der Waals surface area contributed by atoms with Crippen molar-refractivity contribution in [3.63, 3.8) is 0 Å². The summed E-state index contributed by atoms with van der Waals surface area (Å²) in [7, 11) is 0. The first-order valence-electron chi connectivity index (χ1n) is 7.52. The lowest BCUT2D eigenvalue weighted by Gasteiger charge is -2.27. The first-order valence-corrected chi connectivity index (χ1v) is 7.52. The Bertz CT molecular complexity index is 499. The predicted molar refractivity (Wildman–Crippen MR) is 84.2 cm³/mol. The molecule has 5 nitrogen and oxygen atoms in total. The Morgan fingerprint density at radius 1 is 1.19 bits per heavy atom. The lowest BCUT2D eigenvalue weighted by atomic mass is 9.92. The van der Waals surface area contributed by atoms with Crippen LogP contribution in [0.1, 0.15) is 33.1 Å². The van der Waals surface area contributed by atoms with Crippen LogP contribution in [-0.4, -0.2) is 24.4 Å². The quantitative estimate of drug-likeness (QED) is 0.797. The smallest absolute Gasteiger partial charge is 0.227 e. The average molecular weight is 289 g/mol. The zero-order chi connectivity index (χ0) is 15.2. The Labute approximate surface area is 125 Å². The van der Waals surface area contributed by atoms with Crippen molar-refractivity contribution in [2.75, 3.05) is 17.2 Å². The van der Waals surface area contributed by atoms with Crippen LogP contribution in [0.2, 0.25) is 0 Å². The number of amides is 2. The van der Waals surface area contributed by atoms with Gasteiger partial charge in [0.15, 0.2) is 0 Å². The molecule has 0 aliphatic carbocycles. The third-order valence-corrected chi connectivity index (χ3v) is 3.75. The lowest BCUT2D eigenvalue weighted by Crippen LogP contribution is -2.40. The fraction of sp³-hybridized carbons (Fsp3) is 0.500. The maximum atomic E-state index is 12.2. The third kappa shape index (κ3) is 4.56. The Balaban J connectivity index is 1.90. The van der Waals surface area contributed by atoms with Crippen molar-refractivity contribution >= 4 is 23.2 Å². The van der Waals surface area contributed by atoms with Crippen molar-refractivity contribution in [1.29, 1.82) is 0 Å². The summed E-state index contributed by atoms with van der Waals surface area (Å²) in [6.07, 6.45) is 2.20. The SMILES string of the molecule is CCC(=O)Nc1ccc(NC(=O)[C@H]2CCN[C@@H](C)C2)cc1. The number of hydrogen-bond acceptors (Lipinski definition) is 3. The summed E-state index contributed by atoms with van der Waals surface area (Å²) in [6.45, 7) is 4.80. The minimum absolute atomic E-state index is 0.0181. The van der Waals surface area contributed by atoms with Crippen LogP contribution in [0, 0.1) is 5.92 Å². The van der Waals surface area contributed by atoms with E-state index in [2.05, 4.69) is 22.9 Å². The highest BCUT2D eigenvalue weighted by Crippen LogP contribution is 2.19. The van der Waals surface area contributed by atoms with Crippen LogP contribution >= 0.6 is 0 Å². The van der Waals surface area contributed by atoms with Crippen LogP contribution in [0.4, 0.5) is 11.4 Å². The molecule has 114 valence electrons. The molecule has 0 aromatic heterocycles. The van der Waals surface area contributed by atoms with Crippen molar-refractivity contribution in [2.24, 2.45) is 5.92 Å². The second-order valence-corrected chi connectivity index (χ2v) is 5.54. The second-order valence-electron chi connectivity index (χ2n) is 5.54. The van der Waals surface area contributed by atoms with E-state index in [1.165, 1.54) is 0 Å². The van der Waals surface area contributed by atoms with E-state index in [1.807, 2.05) is 19.1 Å². The molecule has 2 amide bonds. The van der Waals surface area contributed by atoms with Gasteiger partial charge < -0.3 is 16.0 Å². The van der Waals surface area contributed by atoms with Crippen molar-refractivity contribution in [2.45, 2.75) is 39.2 Å². The zero-order valence-electron chi connectivity index (χ0n) is 12.6. The van der Waals surface area contributed by atoms with Crippen LogP contribution in [-0.2, 0) is 9.59 Å². The molecule has 5 heteroatoms.